The largest absolute Gasteiger partial charge is 0.392 e. The molecule has 2 aliphatic rings. The van der Waals surface area contributed by atoms with E-state index in [-0.39, 0.29) is 17.9 Å². The number of hydrogen-bond acceptors (Lipinski definition) is 3. The molecule has 0 spiro atoms. The van der Waals surface area contributed by atoms with E-state index in [9.17, 15) is 9.90 Å². The molecule has 3 unspecified atom stereocenters. The zero-order valence-corrected chi connectivity index (χ0v) is 13.3. The van der Waals surface area contributed by atoms with E-state index in [0.29, 0.717) is 0 Å². The van der Waals surface area contributed by atoms with Crippen molar-refractivity contribution in [1.82, 2.24) is 5.32 Å². The van der Waals surface area contributed by atoms with Crippen molar-refractivity contribution in [3.05, 3.63) is 29.8 Å². The number of carbonyl (C=O) groups is 1. The highest BCUT2D eigenvalue weighted by Gasteiger charge is 2.32. The monoisotopic (exact) mass is 302 g/mol. The van der Waals surface area contributed by atoms with Gasteiger partial charge in [0.1, 0.15) is 0 Å². The van der Waals surface area contributed by atoms with Gasteiger partial charge >= 0.3 is 0 Å². The van der Waals surface area contributed by atoms with Crippen molar-refractivity contribution in [2.45, 2.75) is 51.2 Å². The fraction of sp³-hybridized carbons (Fsp3) is 0.611. The van der Waals surface area contributed by atoms with E-state index < -0.39 is 6.10 Å². The lowest BCUT2D eigenvalue weighted by atomic mass is 10.0. The number of hydrogen-bond donors (Lipinski definition) is 2. The predicted octanol–water partition coefficient (Wildman–Crippen LogP) is 2.63. The lowest BCUT2D eigenvalue weighted by molar-refractivity contribution is -0.128. The molecule has 0 bridgehead atoms. The van der Waals surface area contributed by atoms with Crippen LogP contribution in [0.4, 0.5) is 5.69 Å². The lowest BCUT2D eigenvalue weighted by Gasteiger charge is -2.22. The molecule has 2 N–H and O–H groups in total. The fourth-order valence-corrected chi connectivity index (χ4v) is 3.62. The van der Waals surface area contributed by atoms with Crippen LogP contribution in [0.15, 0.2) is 24.3 Å². The summed E-state index contributed by atoms with van der Waals surface area (Å²) in [6.45, 7) is 4.26. The van der Waals surface area contributed by atoms with Gasteiger partial charge in [-0.05, 0) is 56.7 Å². The number of rotatable bonds is 4. The Kier molecular flexibility index (Phi) is 4.67. The zero-order chi connectivity index (χ0) is 15.5. The third-order valence-electron chi connectivity index (χ3n) is 5.02. The molecular formula is C18H26N2O2. The molecule has 0 aromatic heterocycles. The number of amides is 1. The van der Waals surface area contributed by atoms with Crippen LogP contribution in [0.25, 0.3) is 0 Å². The molecule has 1 amide bonds. The Hall–Kier alpha value is -1.55. The summed E-state index contributed by atoms with van der Waals surface area (Å²) in [6.07, 6.45) is 4.54. The van der Waals surface area contributed by atoms with E-state index >= 15 is 0 Å². The Morgan fingerprint density at radius 1 is 1.27 bits per heavy atom. The Bertz CT molecular complexity index is 526. The van der Waals surface area contributed by atoms with Crippen LogP contribution in [0, 0.1) is 5.92 Å². The van der Waals surface area contributed by atoms with Gasteiger partial charge in [-0.3, -0.25) is 4.79 Å². The van der Waals surface area contributed by atoms with Crippen LogP contribution in [0.3, 0.4) is 0 Å². The summed E-state index contributed by atoms with van der Waals surface area (Å²) in [5.41, 5.74) is 2.38. The van der Waals surface area contributed by atoms with Gasteiger partial charge in [0, 0.05) is 18.8 Å². The molecule has 2 fully saturated rings. The minimum absolute atomic E-state index is 0.0101. The molecule has 4 nitrogen and oxygen atoms in total. The van der Waals surface area contributed by atoms with Crippen molar-refractivity contribution in [3.63, 3.8) is 0 Å². The quantitative estimate of drug-likeness (QED) is 0.899. The first-order valence-electron chi connectivity index (χ1n) is 8.48. The molecule has 1 saturated heterocycles. The van der Waals surface area contributed by atoms with Crippen molar-refractivity contribution in [1.29, 1.82) is 0 Å². The summed E-state index contributed by atoms with van der Waals surface area (Å²) in [7, 11) is 0. The van der Waals surface area contributed by atoms with Crippen molar-refractivity contribution in [2.24, 2.45) is 5.92 Å². The van der Waals surface area contributed by atoms with Crippen LogP contribution in [0.5, 0.6) is 0 Å². The van der Waals surface area contributed by atoms with Gasteiger partial charge < -0.3 is 15.3 Å². The van der Waals surface area contributed by atoms with Crippen LogP contribution in [0.1, 0.15) is 50.6 Å². The van der Waals surface area contributed by atoms with Crippen molar-refractivity contribution >= 4 is 11.6 Å². The third kappa shape index (κ3) is 3.27. The maximum Gasteiger partial charge on any atom is 0.226 e. The van der Waals surface area contributed by atoms with Gasteiger partial charge in [-0.2, -0.15) is 0 Å². The molecule has 1 heterocycles. The van der Waals surface area contributed by atoms with E-state index in [4.69, 9.17) is 0 Å². The first-order chi connectivity index (χ1) is 10.6. The molecule has 1 saturated carbocycles. The zero-order valence-electron chi connectivity index (χ0n) is 13.3. The first-order valence-corrected chi connectivity index (χ1v) is 8.48. The maximum atomic E-state index is 12.3. The summed E-state index contributed by atoms with van der Waals surface area (Å²) < 4.78 is 0. The molecule has 3 rings (SSSR count). The van der Waals surface area contributed by atoms with Crippen LogP contribution in [-0.2, 0) is 4.79 Å². The van der Waals surface area contributed by atoms with Gasteiger partial charge in [0.15, 0.2) is 0 Å². The van der Waals surface area contributed by atoms with Crippen molar-refractivity contribution < 1.29 is 9.90 Å². The fourth-order valence-electron chi connectivity index (χ4n) is 3.62. The molecule has 1 aliphatic carbocycles. The Morgan fingerprint density at radius 3 is 2.73 bits per heavy atom. The van der Waals surface area contributed by atoms with E-state index in [0.717, 1.165) is 37.9 Å². The Morgan fingerprint density at radius 2 is 2.05 bits per heavy atom. The molecule has 1 aromatic carbocycles. The maximum absolute atomic E-state index is 12.3. The van der Waals surface area contributed by atoms with Gasteiger partial charge in [-0.15, -0.1) is 0 Å². The smallest absolute Gasteiger partial charge is 0.226 e. The number of aliphatic hydroxyl groups excluding tert-OH is 1. The van der Waals surface area contributed by atoms with Gasteiger partial charge in [0.05, 0.1) is 18.1 Å². The van der Waals surface area contributed by atoms with Crippen molar-refractivity contribution in [2.75, 3.05) is 18.0 Å². The molecular weight excluding hydrogens is 276 g/mol. The predicted molar refractivity (Wildman–Crippen MR) is 87.8 cm³/mol. The molecule has 1 aliphatic heterocycles. The van der Waals surface area contributed by atoms with E-state index in [2.05, 4.69) is 34.5 Å². The SMILES string of the molecule is CC(NC(=O)C1CCCC1O)c1cccc(N2CCCC2)c1. The highest BCUT2D eigenvalue weighted by molar-refractivity contribution is 5.80. The topological polar surface area (TPSA) is 52.6 Å². The van der Waals surface area contributed by atoms with Crippen LogP contribution < -0.4 is 10.2 Å². The average molecular weight is 302 g/mol. The molecule has 0 radical (unpaired) electrons. The van der Waals surface area contributed by atoms with E-state index in [1.54, 1.807) is 0 Å². The summed E-state index contributed by atoms with van der Waals surface area (Å²) in [5.74, 6) is -0.242. The number of nitrogens with one attached hydrogen (secondary N) is 1. The summed E-state index contributed by atoms with van der Waals surface area (Å²) >= 11 is 0. The molecule has 120 valence electrons. The standard InChI is InChI=1S/C18H26N2O2/c1-13(19-18(22)16-8-5-9-17(16)21)14-6-4-7-15(12-14)20-10-2-3-11-20/h4,6-7,12-13,16-17,21H,2-3,5,8-11H2,1H3,(H,19,22). The second kappa shape index (κ2) is 6.69. The Labute approximate surface area is 132 Å². The second-order valence-corrected chi connectivity index (χ2v) is 6.62. The Balaban J connectivity index is 1.65. The summed E-state index contributed by atoms with van der Waals surface area (Å²) in [6, 6.07) is 8.43. The van der Waals surface area contributed by atoms with Crippen LogP contribution in [-0.4, -0.2) is 30.2 Å². The second-order valence-electron chi connectivity index (χ2n) is 6.62. The highest BCUT2D eigenvalue weighted by Crippen LogP contribution is 2.27. The van der Waals surface area contributed by atoms with Gasteiger partial charge in [-0.1, -0.05) is 12.1 Å². The first kappa shape index (κ1) is 15.3. The molecule has 22 heavy (non-hydrogen) atoms. The molecule has 1 aromatic rings. The number of benzene rings is 1. The van der Waals surface area contributed by atoms with E-state index in [1.165, 1.54) is 18.5 Å². The average Bonchev–Trinajstić information content (AvgIpc) is 3.18. The molecule has 4 heteroatoms. The summed E-state index contributed by atoms with van der Waals surface area (Å²) in [5, 5.41) is 12.9. The number of carbonyl (C=O) groups excluding carboxylic acids is 1. The van der Waals surface area contributed by atoms with Crippen LogP contribution in [0.2, 0.25) is 0 Å². The van der Waals surface area contributed by atoms with Crippen molar-refractivity contribution in [3.8, 4) is 0 Å². The third-order valence-corrected chi connectivity index (χ3v) is 5.02. The minimum atomic E-state index is -0.469. The van der Waals surface area contributed by atoms with Gasteiger partial charge in [0.25, 0.3) is 0 Å². The lowest BCUT2D eigenvalue weighted by Crippen LogP contribution is -2.36. The number of nitrogens with zero attached hydrogens (tertiary/aromatic N) is 1. The number of aliphatic hydroxyl groups is 1. The normalized spacial score (nSPS) is 26.2. The van der Waals surface area contributed by atoms with Gasteiger partial charge in [0.2, 0.25) is 5.91 Å². The van der Waals surface area contributed by atoms with Gasteiger partial charge in [-0.25, -0.2) is 0 Å². The number of anilines is 1. The van der Waals surface area contributed by atoms with E-state index in [1.807, 2.05) is 6.92 Å². The summed E-state index contributed by atoms with van der Waals surface area (Å²) in [4.78, 5) is 14.7. The van der Waals surface area contributed by atoms with Crippen LogP contribution >= 0.6 is 0 Å². The molecule has 3 atom stereocenters. The highest BCUT2D eigenvalue weighted by atomic mass is 16.3. The minimum Gasteiger partial charge on any atom is -0.392 e.